The fraction of sp³-hybridized carbons (Fsp3) is 0.538. The Kier molecular flexibility index (Phi) is 8.69. The van der Waals surface area contributed by atoms with Crippen molar-refractivity contribution in [2.24, 2.45) is 11.7 Å². The van der Waals surface area contributed by atoms with Crippen molar-refractivity contribution in [2.45, 2.75) is 38.3 Å². The van der Waals surface area contributed by atoms with E-state index < -0.39 is 0 Å². The number of amides is 1. The summed E-state index contributed by atoms with van der Waals surface area (Å²) in [5, 5.41) is 2.79. The quantitative estimate of drug-likeness (QED) is 0.892. The second kappa shape index (κ2) is 9.10. The summed E-state index contributed by atoms with van der Waals surface area (Å²) in [6.07, 6.45) is 4.77. The molecule has 3 N–H and O–H groups in total. The lowest BCUT2D eigenvalue weighted by Crippen LogP contribution is -2.31. The van der Waals surface area contributed by atoms with E-state index in [0.717, 1.165) is 25.5 Å². The summed E-state index contributed by atoms with van der Waals surface area (Å²) in [6.45, 7) is 0.334. The highest BCUT2D eigenvalue weighted by atomic mass is 35.5. The molecule has 0 unspecified atom stereocenters. The molecule has 1 amide bonds. The van der Waals surface area contributed by atoms with E-state index in [4.69, 9.17) is 5.73 Å². The fourth-order valence-corrected chi connectivity index (χ4v) is 2.33. The lowest BCUT2D eigenvalue weighted by atomic mass is 10.00. The summed E-state index contributed by atoms with van der Waals surface area (Å²) in [4.78, 5) is 15.6. The van der Waals surface area contributed by atoms with Gasteiger partial charge in [0.25, 0.3) is 0 Å². The topological polar surface area (TPSA) is 68.0 Å². The van der Waals surface area contributed by atoms with Gasteiger partial charge in [-0.05, 0) is 30.9 Å². The highest BCUT2D eigenvalue weighted by Gasteiger charge is 2.25. The smallest absolute Gasteiger partial charge is 0.220 e. The van der Waals surface area contributed by atoms with Crippen LogP contribution < -0.4 is 11.1 Å². The minimum atomic E-state index is -0.373. The Labute approximate surface area is 130 Å². The third-order valence-corrected chi connectivity index (χ3v) is 3.42. The van der Waals surface area contributed by atoms with Gasteiger partial charge in [0.1, 0.15) is 5.82 Å². The summed E-state index contributed by atoms with van der Waals surface area (Å²) < 4.78 is 12.6. The molecule has 0 radical (unpaired) electrons. The van der Waals surface area contributed by atoms with Gasteiger partial charge < -0.3 is 11.1 Å². The van der Waals surface area contributed by atoms with Crippen LogP contribution in [0.5, 0.6) is 0 Å². The Balaban J connectivity index is 0.00000180. The molecular formula is C13H20Cl2FN3O. The van der Waals surface area contributed by atoms with E-state index in [1.165, 1.54) is 6.07 Å². The number of halogens is 3. The molecule has 4 nitrogen and oxygen atoms in total. The number of carbonyl (C=O) groups is 1. The molecule has 0 aromatic carbocycles. The van der Waals surface area contributed by atoms with Gasteiger partial charge in [-0.3, -0.25) is 9.78 Å². The van der Waals surface area contributed by atoms with Crippen molar-refractivity contribution in [2.75, 3.05) is 0 Å². The van der Waals surface area contributed by atoms with Crippen LogP contribution >= 0.6 is 24.8 Å². The van der Waals surface area contributed by atoms with E-state index in [0.29, 0.717) is 24.6 Å². The van der Waals surface area contributed by atoms with Crippen molar-refractivity contribution in [3.8, 4) is 0 Å². The predicted molar refractivity (Wildman–Crippen MR) is 80.5 cm³/mol. The van der Waals surface area contributed by atoms with Crippen LogP contribution in [-0.4, -0.2) is 16.9 Å². The first-order valence-corrected chi connectivity index (χ1v) is 6.28. The maximum Gasteiger partial charge on any atom is 0.220 e. The third kappa shape index (κ3) is 5.61. The molecule has 20 heavy (non-hydrogen) atoms. The van der Waals surface area contributed by atoms with Crippen molar-refractivity contribution >= 4 is 30.7 Å². The molecule has 0 bridgehead atoms. The SMILES string of the molecule is Cl.Cl.N[C@@H]1CCC[C@H]1CC(=O)NCc1ccc(F)cn1. The first-order chi connectivity index (χ1) is 8.65. The summed E-state index contributed by atoms with van der Waals surface area (Å²) in [5.41, 5.74) is 6.57. The van der Waals surface area contributed by atoms with E-state index in [-0.39, 0.29) is 42.6 Å². The van der Waals surface area contributed by atoms with E-state index in [1.54, 1.807) is 6.07 Å². The lowest BCUT2D eigenvalue weighted by molar-refractivity contribution is -0.122. The summed E-state index contributed by atoms with van der Waals surface area (Å²) in [6, 6.07) is 3.05. The predicted octanol–water partition coefficient (Wildman–Crippen LogP) is 2.20. The van der Waals surface area contributed by atoms with Gasteiger partial charge in [-0.25, -0.2) is 4.39 Å². The van der Waals surface area contributed by atoms with Crippen LogP contribution in [0.2, 0.25) is 0 Å². The molecule has 1 saturated carbocycles. The molecule has 0 saturated heterocycles. The highest BCUT2D eigenvalue weighted by Crippen LogP contribution is 2.26. The molecule has 2 rings (SSSR count). The van der Waals surface area contributed by atoms with Gasteiger partial charge in [-0.15, -0.1) is 24.8 Å². The van der Waals surface area contributed by atoms with E-state index >= 15 is 0 Å². The molecule has 7 heteroatoms. The summed E-state index contributed by atoms with van der Waals surface area (Å²) in [5.74, 6) is -0.0864. The number of rotatable bonds is 4. The lowest BCUT2D eigenvalue weighted by Gasteiger charge is -2.14. The molecule has 1 fully saturated rings. The molecule has 114 valence electrons. The summed E-state index contributed by atoms with van der Waals surface area (Å²) in [7, 11) is 0. The zero-order chi connectivity index (χ0) is 13.0. The highest BCUT2D eigenvalue weighted by molar-refractivity contribution is 5.85. The van der Waals surface area contributed by atoms with Gasteiger partial charge in [0.2, 0.25) is 5.91 Å². The Morgan fingerprint density at radius 1 is 1.40 bits per heavy atom. The minimum Gasteiger partial charge on any atom is -0.350 e. The van der Waals surface area contributed by atoms with Crippen LogP contribution in [-0.2, 0) is 11.3 Å². The molecule has 1 aliphatic carbocycles. The molecule has 1 aromatic rings. The van der Waals surface area contributed by atoms with Gasteiger partial charge >= 0.3 is 0 Å². The van der Waals surface area contributed by atoms with Crippen molar-refractivity contribution in [3.05, 3.63) is 29.8 Å². The molecule has 2 atom stereocenters. The monoisotopic (exact) mass is 323 g/mol. The largest absolute Gasteiger partial charge is 0.350 e. The standard InChI is InChI=1S/C13H18FN3O.2ClH/c14-10-4-5-11(16-7-10)8-17-13(18)6-9-2-1-3-12(9)15;;/h4-5,7,9,12H,1-3,6,8,15H2,(H,17,18);2*1H/t9-,12+;;/m0../s1. The van der Waals surface area contributed by atoms with Crippen LogP contribution in [0.4, 0.5) is 4.39 Å². The Morgan fingerprint density at radius 3 is 2.70 bits per heavy atom. The van der Waals surface area contributed by atoms with Gasteiger partial charge in [-0.2, -0.15) is 0 Å². The normalized spacial score (nSPS) is 20.7. The second-order valence-corrected chi connectivity index (χ2v) is 4.80. The second-order valence-electron chi connectivity index (χ2n) is 4.80. The Hall–Kier alpha value is -0.910. The summed E-state index contributed by atoms with van der Waals surface area (Å²) >= 11 is 0. The first kappa shape index (κ1) is 19.1. The Bertz CT molecular complexity index is 417. The number of hydrogen-bond donors (Lipinski definition) is 2. The van der Waals surface area contributed by atoms with Gasteiger partial charge in [0, 0.05) is 12.5 Å². The van der Waals surface area contributed by atoms with Crippen molar-refractivity contribution < 1.29 is 9.18 Å². The molecule has 0 aliphatic heterocycles. The van der Waals surface area contributed by atoms with Gasteiger partial charge in [0.05, 0.1) is 18.4 Å². The number of hydrogen-bond acceptors (Lipinski definition) is 3. The molecule has 1 heterocycles. The number of pyridine rings is 1. The van der Waals surface area contributed by atoms with Gasteiger partial charge in [-0.1, -0.05) is 6.42 Å². The van der Waals surface area contributed by atoms with E-state index in [1.807, 2.05) is 0 Å². The first-order valence-electron chi connectivity index (χ1n) is 6.28. The Morgan fingerprint density at radius 2 is 2.15 bits per heavy atom. The number of carbonyl (C=O) groups excluding carboxylic acids is 1. The molecule has 1 aliphatic rings. The van der Waals surface area contributed by atoms with Crippen LogP contribution in [0.1, 0.15) is 31.4 Å². The molecule has 1 aromatic heterocycles. The average molecular weight is 324 g/mol. The van der Waals surface area contributed by atoms with Crippen molar-refractivity contribution in [1.82, 2.24) is 10.3 Å². The number of nitrogens with two attached hydrogens (primary N) is 1. The van der Waals surface area contributed by atoms with E-state index in [2.05, 4.69) is 10.3 Å². The van der Waals surface area contributed by atoms with Crippen LogP contribution in [0.15, 0.2) is 18.3 Å². The van der Waals surface area contributed by atoms with Crippen LogP contribution in [0.25, 0.3) is 0 Å². The maximum atomic E-state index is 12.6. The third-order valence-electron chi connectivity index (χ3n) is 3.42. The number of nitrogens with one attached hydrogen (secondary N) is 1. The minimum absolute atomic E-state index is 0. The fourth-order valence-electron chi connectivity index (χ4n) is 2.33. The van der Waals surface area contributed by atoms with Crippen LogP contribution in [0, 0.1) is 11.7 Å². The van der Waals surface area contributed by atoms with Crippen molar-refractivity contribution in [3.63, 3.8) is 0 Å². The average Bonchev–Trinajstić information content (AvgIpc) is 2.74. The number of nitrogens with zero attached hydrogens (tertiary/aromatic N) is 1. The van der Waals surface area contributed by atoms with E-state index in [9.17, 15) is 9.18 Å². The zero-order valence-electron chi connectivity index (χ0n) is 11.0. The molecular weight excluding hydrogens is 304 g/mol. The maximum absolute atomic E-state index is 12.6. The molecule has 0 spiro atoms. The zero-order valence-corrected chi connectivity index (χ0v) is 12.7. The van der Waals surface area contributed by atoms with Crippen molar-refractivity contribution in [1.29, 1.82) is 0 Å². The number of aromatic nitrogens is 1. The van der Waals surface area contributed by atoms with Gasteiger partial charge in [0.15, 0.2) is 0 Å². The van der Waals surface area contributed by atoms with Crippen LogP contribution in [0.3, 0.4) is 0 Å².